The molecule has 0 aromatic heterocycles. The van der Waals surface area contributed by atoms with E-state index in [0.717, 1.165) is 5.56 Å². The van der Waals surface area contributed by atoms with E-state index < -0.39 is 0 Å². The fraction of sp³-hybridized carbons (Fsp3) is 0.600. The summed E-state index contributed by atoms with van der Waals surface area (Å²) in [6.07, 6.45) is 8.99. The molecule has 1 atom stereocenters. The zero-order chi connectivity index (χ0) is 13.0. The molecule has 1 fully saturated rings. The third-order valence-corrected chi connectivity index (χ3v) is 4.59. The maximum absolute atomic E-state index is 13.2. The lowest BCUT2D eigenvalue weighted by atomic mass is 9.83. The van der Waals surface area contributed by atoms with E-state index >= 15 is 0 Å². The van der Waals surface area contributed by atoms with Gasteiger partial charge >= 0.3 is 0 Å². The van der Waals surface area contributed by atoms with Crippen molar-refractivity contribution in [2.75, 3.05) is 0 Å². The SMILES string of the molecule is NC(c1ccc(F)c(Br)c1)C1CCCCCCC1. The molecule has 1 saturated carbocycles. The highest BCUT2D eigenvalue weighted by Crippen LogP contribution is 2.32. The normalized spacial score (nSPS) is 20.2. The van der Waals surface area contributed by atoms with E-state index in [-0.39, 0.29) is 11.9 Å². The van der Waals surface area contributed by atoms with Gasteiger partial charge in [0.2, 0.25) is 0 Å². The Morgan fingerprint density at radius 2 is 1.72 bits per heavy atom. The zero-order valence-electron chi connectivity index (χ0n) is 10.7. The van der Waals surface area contributed by atoms with Gasteiger partial charge in [-0.05, 0) is 52.4 Å². The molecule has 100 valence electrons. The molecular weight excluding hydrogens is 293 g/mol. The number of hydrogen-bond acceptors (Lipinski definition) is 1. The highest BCUT2D eigenvalue weighted by Gasteiger charge is 2.20. The van der Waals surface area contributed by atoms with Crippen molar-refractivity contribution < 1.29 is 4.39 Å². The quantitative estimate of drug-likeness (QED) is 0.821. The van der Waals surface area contributed by atoms with Crippen molar-refractivity contribution in [1.82, 2.24) is 0 Å². The highest BCUT2D eigenvalue weighted by molar-refractivity contribution is 9.10. The standard InChI is InChI=1S/C15H21BrFN/c16-13-10-12(8-9-14(13)17)15(18)11-6-4-2-1-3-5-7-11/h8-11,15H,1-7,18H2. The van der Waals surface area contributed by atoms with Gasteiger partial charge in [-0.15, -0.1) is 0 Å². The second-order valence-electron chi connectivity index (χ2n) is 5.30. The third kappa shape index (κ3) is 3.55. The van der Waals surface area contributed by atoms with Crippen LogP contribution in [0.2, 0.25) is 0 Å². The van der Waals surface area contributed by atoms with Crippen LogP contribution in [0.15, 0.2) is 22.7 Å². The summed E-state index contributed by atoms with van der Waals surface area (Å²) in [5.74, 6) is 0.325. The fourth-order valence-electron chi connectivity index (χ4n) is 2.84. The maximum Gasteiger partial charge on any atom is 0.137 e. The van der Waals surface area contributed by atoms with E-state index in [4.69, 9.17) is 5.73 Å². The van der Waals surface area contributed by atoms with Crippen LogP contribution in [0.5, 0.6) is 0 Å². The predicted molar refractivity (Wildman–Crippen MR) is 76.8 cm³/mol. The summed E-state index contributed by atoms with van der Waals surface area (Å²) in [5.41, 5.74) is 7.42. The number of rotatable bonds is 2. The smallest absolute Gasteiger partial charge is 0.137 e. The van der Waals surface area contributed by atoms with E-state index in [0.29, 0.717) is 10.4 Å². The molecule has 0 saturated heterocycles. The number of halogens is 2. The molecule has 1 aromatic carbocycles. The lowest BCUT2D eigenvalue weighted by Gasteiger charge is -2.26. The molecule has 2 rings (SSSR count). The van der Waals surface area contributed by atoms with E-state index in [1.807, 2.05) is 12.1 Å². The molecule has 0 radical (unpaired) electrons. The van der Waals surface area contributed by atoms with E-state index in [1.165, 1.54) is 51.0 Å². The molecule has 1 nitrogen and oxygen atoms in total. The number of benzene rings is 1. The van der Waals surface area contributed by atoms with Crippen molar-refractivity contribution in [3.63, 3.8) is 0 Å². The van der Waals surface area contributed by atoms with Gasteiger partial charge in [0.1, 0.15) is 5.82 Å². The lowest BCUT2D eigenvalue weighted by molar-refractivity contribution is 0.327. The Hall–Kier alpha value is -0.410. The fourth-order valence-corrected chi connectivity index (χ4v) is 3.24. The van der Waals surface area contributed by atoms with Gasteiger partial charge in [0.25, 0.3) is 0 Å². The second-order valence-corrected chi connectivity index (χ2v) is 6.16. The first-order valence-electron chi connectivity index (χ1n) is 6.89. The molecule has 3 heteroatoms. The van der Waals surface area contributed by atoms with Gasteiger partial charge in [0.15, 0.2) is 0 Å². The Morgan fingerprint density at radius 3 is 2.33 bits per heavy atom. The molecule has 1 aliphatic carbocycles. The summed E-state index contributed by atoms with van der Waals surface area (Å²) in [7, 11) is 0. The topological polar surface area (TPSA) is 26.0 Å². The van der Waals surface area contributed by atoms with Crippen LogP contribution in [-0.4, -0.2) is 0 Å². The van der Waals surface area contributed by atoms with Crippen molar-refractivity contribution in [2.45, 2.75) is 51.0 Å². The summed E-state index contributed by atoms with van der Waals surface area (Å²) in [5, 5.41) is 0. The van der Waals surface area contributed by atoms with Crippen molar-refractivity contribution in [1.29, 1.82) is 0 Å². The lowest BCUT2D eigenvalue weighted by Crippen LogP contribution is -2.22. The average Bonchev–Trinajstić information content (AvgIpc) is 2.31. The van der Waals surface area contributed by atoms with Crippen LogP contribution >= 0.6 is 15.9 Å². The molecule has 0 heterocycles. The molecule has 0 aliphatic heterocycles. The Balaban J connectivity index is 2.08. The molecule has 2 N–H and O–H groups in total. The molecule has 0 bridgehead atoms. The number of nitrogens with two attached hydrogens (primary N) is 1. The molecular formula is C15H21BrFN. The maximum atomic E-state index is 13.2. The summed E-state index contributed by atoms with van der Waals surface area (Å²) >= 11 is 3.24. The zero-order valence-corrected chi connectivity index (χ0v) is 12.3. The molecule has 0 spiro atoms. The first-order chi connectivity index (χ1) is 8.68. The van der Waals surface area contributed by atoms with Gasteiger partial charge in [0, 0.05) is 6.04 Å². The van der Waals surface area contributed by atoms with E-state index in [2.05, 4.69) is 15.9 Å². The minimum atomic E-state index is -0.219. The average molecular weight is 314 g/mol. The molecule has 18 heavy (non-hydrogen) atoms. The van der Waals surface area contributed by atoms with Gasteiger partial charge in [-0.1, -0.05) is 38.2 Å². The van der Waals surface area contributed by atoms with Crippen LogP contribution in [0.4, 0.5) is 4.39 Å². The van der Waals surface area contributed by atoms with Crippen LogP contribution in [0.25, 0.3) is 0 Å². The van der Waals surface area contributed by atoms with Crippen molar-refractivity contribution >= 4 is 15.9 Å². The first kappa shape index (κ1) is 14.0. The predicted octanol–water partition coefficient (Wildman–Crippen LogP) is 4.95. The van der Waals surface area contributed by atoms with Crippen molar-refractivity contribution in [3.05, 3.63) is 34.1 Å². The van der Waals surface area contributed by atoms with Crippen molar-refractivity contribution in [2.24, 2.45) is 11.7 Å². The minimum Gasteiger partial charge on any atom is -0.324 e. The van der Waals surface area contributed by atoms with Gasteiger partial charge < -0.3 is 5.73 Å². The van der Waals surface area contributed by atoms with Crippen molar-refractivity contribution in [3.8, 4) is 0 Å². The summed E-state index contributed by atoms with van der Waals surface area (Å²) in [6, 6.07) is 5.20. The summed E-state index contributed by atoms with van der Waals surface area (Å²) in [4.78, 5) is 0. The van der Waals surface area contributed by atoms with Gasteiger partial charge in [-0.2, -0.15) is 0 Å². The Labute approximate surface area is 117 Å². The Bertz CT molecular complexity index is 386. The van der Waals surface area contributed by atoms with Crippen LogP contribution in [0.3, 0.4) is 0 Å². The monoisotopic (exact) mass is 313 g/mol. The third-order valence-electron chi connectivity index (χ3n) is 3.99. The molecule has 0 amide bonds. The highest BCUT2D eigenvalue weighted by atomic mass is 79.9. The first-order valence-corrected chi connectivity index (χ1v) is 7.68. The van der Waals surface area contributed by atoms with Gasteiger partial charge in [-0.3, -0.25) is 0 Å². The largest absolute Gasteiger partial charge is 0.324 e. The van der Waals surface area contributed by atoms with Crippen LogP contribution < -0.4 is 5.73 Å². The second kappa shape index (κ2) is 6.67. The minimum absolute atomic E-state index is 0.0417. The molecule has 1 aliphatic rings. The van der Waals surface area contributed by atoms with Crippen LogP contribution in [0.1, 0.15) is 56.6 Å². The van der Waals surface area contributed by atoms with Crippen LogP contribution in [0, 0.1) is 11.7 Å². The Kier molecular flexibility index (Phi) is 5.19. The van der Waals surface area contributed by atoms with Crippen LogP contribution in [-0.2, 0) is 0 Å². The Morgan fingerprint density at radius 1 is 1.11 bits per heavy atom. The molecule has 1 aromatic rings. The van der Waals surface area contributed by atoms with E-state index in [1.54, 1.807) is 0 Å². The number of hydrogen-bond donors (Lipinski definition) is 1. The van der Waals surface area contributed by atoms with Gasteiger partial charge in [0.05, 0.1) is 4.47 Å². The van der Waals surface area contributed by atoms with E-state index in [9.17, 15) is 4.39 Å². The van der Waals surface area contributed by atoms with Gasteiger partial charge in [-0.25, -0.2) is 4.39 Å². The summed E-state index contributed by atoms with van der Waals surface area (Å²) in [6.45, 7) is 0. The molecule has 1 unspecified atom stereocenters. The summed E-state index contributed by atoms with van der Waals surface area (Å²) < 4.78 is 13.8.